The summed E-state index contributed by atoms with van der Waals surface area (Å²) in [5.41, 5.74) is 1.09. The molecule has 0 radical (unpaired) electrons. The van der Waals surface area contributed by atoms with Crippen LogP contribution in [0.1, 0.15) is 27.0 Å². The highest BCUT2D eigenvalue weighted by atomic mass is 16.5. The van der Waals surface area contributed by atoms with Crippen LogP contribution in [-0.2, 0) is 6.42 Å². The number of methoxy groups -OCH3 is 1. The Hall–Kier alpha value is -2.69. The fourth-order valence-electron chi connectivity index (χ4n) is 2.55. The van der Waals surface area contributed by atoms with Crippen molar-refractivity contribution in [2.75, 3.05) is 7.11 Å². The maximum Gasteiger partial charge on any atom is 0.201 e. The Labute approximate surface area is 114 Å². The van der Waals surface area contributed by atoms with E-state index in [1.165, 1.54) is 25.3 Å². The van der Waals surface area contributed by atoms with Gasteiger partial charge in [-0.2, -0.15) is 0 Å². The first kappa shape index (κ1) is 12.3. The van der Waals surface area contributed by atoms with Crippen molar-refractivity contribution in [2.45, 2.75) is 6.42 Å². The van der Waals surface area contributed by atoms with Crippen molar-refractivity contribution in [3.8, 4) is 23.0 Å². The molecule has 0 spiro atoms. The van der Waals surface area contributed by atoms with Gasteiger partial charge in [-0.1, -0.05) is 0 Å². The molecule has 0 saturated carbocycles. The molecule has 0 fully saturated rings. The molecular formula is C15H12O5. The van der Waals surface area contributed by atoms with Crippen LogP contribution in [-0.4, -0.2) is 28.2 Å². The minimum absolute atomic E-state index is 0.0398. The standard InChI is InChI=1S/C15H12O5/c1-20-8-4-7-5-9-10(16)2-3-11(17)14(9)15(19)13(7)12(18)6-8/h2-4,6,16-18H,5H2,1H3. The number of benzene rings is 2. The quantitative estimate of drug-likeness (QED) is 0.589. The molecule has 0 atom stereocenters. The van der Waals surface area contributed by atoms with Gasteiger partial charge in [-0.15, -0.1) is 0 Å². The van der Waals surface area contributed by atoms with Crippen molar-refractivity contribution < 1.29 is 24.9 Å². The zero-order valence-electron chi connectivity index (χ0n) is 10.7. The number of phenolic OH excluding ortho intramolecular Hbond substituents is 3. The summed E-state index contributed by atoms with van der Waals surface area (Å²) in [6.45, 7) is 0. The van der Waals surface area contributed by atoms with Gasteiger partial charge in [0.2, 0.25) is 5.78 Å². The monoisotopic (exact) mass is 272 g/mol. The van der Waals surface area contributed by atoms with E-state index in [0.717, 1.165) is 0 Å². The molecule has 1 aliphatic carbocycles. The van der Waals surface area contributed by atoms with Crippen molar-refractivity contribution in [3.05, 3.63) is 46.5 Å². The molecule has 0 bridgehead atoms. The van der Waals surface area contributed by atoms with Crippen molar-refractivity contribution in [1.82, 2.24) is 0 Å². The summed E-state index contributed by atoms with van der Waals surface area (Å²) in [5.74, 6) is -0.535. The summed E-state index contributed by atoms with van der Waals surface area (Å²) < 4.78 is 5.06. The Morgan fingerprint density at radius 2 is 1.70 bits per heavy atom. The fourth-order valence-corrected chi connectivity index (χ4v) is 2.55. The van der Waals surface area contributed by atoms with Gasteiger partial charge in [-0.25, -0.2) is 0 Å². The number of fused-ring (bicyclic) bond motifs is 2. The number of carbonyl (C=O) groups excluding carboxylic acids is 1. The van der Waals surface area contributed by atoms with Gasteiger partial charge in [0.1, 0.15) is 23.0 Å². The van der Waals surface area contributed by atoms with E-state index in [-0.39, 0.29) is 34.8 Å². The highest BCUT2D eigenvalue weighted by molar-refractivity contribution is 6.16. The number of hydrogen-bond acceptors (Lipinski definition) is 5. The molecule has 102 valence electrons. The van der Waals surface area contributed by atoms with E-state index in [1.807, 2.05) is 0 Å². The van der Waals surface area contributed by atoms with Gasteiger partial charge < -0.3 is 20.1 Å². The number of carbonyl (C=O) groups is 1. The average Bonchev–Trinajstić information content (AvgIpc) is 2.42. The molecule has 1 aliphatic rings. The Morgan fingerprint density at radius 1 is 1.00 bits per heavy atom. The van der Waals surface area contributed by atoms with Crippen LogP contribution in [0.25, 0.3) is 0 Å². The van der Waals surface area contributed by atoms with Crippen LogP contribution < -0.4 is 4.74 Å². The van der Waals surface area contributed by atoms with E-state index in [1.54, 1.807) is 6.07 Å². The minimum atomic E-state index is -0.505. The van der Waals surface area contributed by atoms with Crippen molar-refractivity contribution in [2.24, 2.45) is 0 Å². The molecular weight excluding hydrogens is 260 g/mol. The van der Waals surface area contributed by atoms with Crippen molar-refractivity contribution >= 4 is 5.78 Å². The predicted octanol–water partition coefficient (Wildman–Crippen LogP) is 1.95. The van der Waals surface area contributed by atoms with E-state index in [2.05, 4.69) is 0 Å². The Bertz CT molecular complexity index is 734. The molecule has 20 heavy (non-hydrogen) atoms. The van der Waals surface area contributed by atoms with Gasteiger partial charge >= 0.3 is 0 Å². The first-order valence-electron chi connectivity index (χ1n) is 6.01. The maximum atomic E-state index is 12.4. The van der Waals surface area contributed by atoms with Gasteiger partial charge in [0, 0.05) is 18.1 Å². The molecule has 2 aromatic carbocycles. The van der Waals surface area contributed by atoms with E-state index in [4.69, 9.17) is 4.74 Å². The van der Waals surface area contributed by atoms with Crippen LogP contribution in [0.15, 0.2) is 24.3 Å². The van der Waals surface area contributed by atoms with Gasteiger partial charge in [0.25, 0.3) is 0 Å². The molecule has 5 nitrogen and oxygen atoms in total. The first-order valence-corrected chi connectivity index (χ1v) is 6.01. The summed E-state index contributed by atoms with van der Waals surface area (Å²) in [6.07, 6.45) is 0.237. The molecule has 0 aliphatic heterocycles. The Balaban J connectivity index is 2.28. The largest absolute Gasteiger partial charge is 0.508 e. The van der Waals surface area contributed by atoms with Crippen LogP contribution in [0.4, 0.5) is 0 Å². The number of hydrogen-bond donors (Lipinski definition) is 3. The number of rotatable bonds is 1. The smallest absolute Gasteiger partial charge is 0.201 e. The van der Waals surface area contributed by atoms with Gasteiger partial charge in [0.15, 0.2) is 0 Å². The molecule has 0 amide bonds. The number of ketones is 1. The van der Waals surface area contributed by atoms with Crippen molar-refractivity contribution in [3.63, 3.8) is 0 Å². The highest BCUT2D eigenvalue weighted by Crippen LogP contribution is 2.41. The molecule has 3 rings (SSSR count). The van der Waals surface area contributed by atoms with E-state index >= 15 is 0 Å². The molecule has 0 aromatic heterocycles. The van der Waals surface area contributed by atoms with Gasteiger partial charge in [-0.05, 0) is 23.8 Å². The molecule has 0 unspecified atom stereocenters. The molecule has 5 heteroatoms. The van der Waals surface area contributed by atoms with E-state index < -0.39 is 5.78 Å². The Kier molecular flexibility index (Phi) is 2.57. The minimum Gasteiger partial charge on any atom is -0.508 e. The summed E-state index contributed by atoms with van der Waals surface area (Å²) in [5, 5.41) is 29.7. The van der Waals surface area contributed by atoms with Gasteiger partial charge in [-0.3, -0.25) is 4.79 Å². The maximum absolute atomic E-state index is 12.4. The molecule has 3 N–H and O–H groups in total. The van der Waals surface area contributed by atoms with Crippen LogP contribution in [0.3, 0.4) is 0 Å². The third-order valence-corrected chi connectivity index (χ3v) is 3.50. The SMILES string of the molecule is COc1cc(O)c2c(c1)Cc1c(O)ccc(O)c1C2=O. The van der Waals surface area contributed by atoms with Crippen LogP contribution in [0, 0.1) is 0 Å². The molecule has 0 saturated heterocycles. The lowest BCUT2D eigenvalue weighted by Gasteiger charge is -2.21. The van der Waals surface area contributed by atoms with Crippen molar-refractivity contribution in [1.29, 1.82) is 0 Å². The lowest BCUT2D eigenvalue weighted by atomic mass is 9.83. The summed E-state index contributed by atoms with van der Waals surface area (Å²) in [4.78, 5) is 12.4. The predicted molar refractivity (Wildman–Crippen MR) is 70.7 cm³/mol. The second kappa shape index (κ2) is 4.16. The normalized spacial score (nSPS) is 12.8. The Morgan fingerprint density at radius 3 is 2.40 bits per heavy atom. The number of phenols is 3. The third kappa shape index (κ3) is 1.60. The number of aromatic hydroxyl groups is 3. The second-order valence-electron chi connectivity index (χ2n) is 4.64. The van der Waals surface area contributed by atoms with Crippen LogP contribution >= 0.6 is 0 Å². The average molecular weight is 272 g/mol. The lowest BCUT2D eigenvalue weighted by molar-refractivity contribution is 0.102. The lowest BCUT2D eigenvalue weighted by Crippen LogP contribution is -2.16. The van der Waals surface area contributed by atoms with E-state index in [0.29, 0.717) is 16.9 Å². The second-order valence-corrected chi connectivity index (χ2v) is 4.64. The summed E-state index contributed by atoms with van der Waals surface area (Å²) in [7, 11) is 1.46. The van der Waals surface area contributed by atoms with Crippen LogP contribution in [0.2, 0.25) is 0 Å². The third-order valence-electron chi connectivity index (χ3n) is 3.50. The highest BCUT2D eigenvalue weighted by Gasteiger charge is 2.31. The summed E-state index contributed by atoms with van der Waals surface area (Å²) in [6, 6.07) is 5.59. The topological polar surface area (TPSA) is 87.0 Å². The van der Waals surface area contributed by atoms with E-state index in [9.17, 15) is 20.1 Å². The zero-order valence-corrected chi connectivity index (χ0v) is 10.7. The molecule has 2 aromatic rings. The number of ether oxygens (including phenoxy) is 1. The first-order chi connectivity index (χ1) is 9.52. The summed E-state index contributed by atoms with van der Waals surface area (Å²) >= 11 is 0. The molecule has 0 heterocycles. The fraction of sp³-hybridized carbons (Fsp3) is 0.133. The van der Waals surface area contributed by atoms with Gasteiger partial charge in [0.05, 0.1) is 18.2 Å². The van der Waals surface area contributed by atoms with Crippen LogP contribution in [0.5, 0.6) is 23.0 Å². The zero-order chi connectivity index (χ0) is 14.4.